The van der Waals surface area contributed by atoms with E-state index in [2.05, 4.69) is 23.3 Å². The van der Waals surface area contributed by atoms with Crippen LogP contribution in [-0.4, -0.2) is 23.4 Å². The monoisotopic (exact) mass is 228 g/mol. The molecule has 1 saturated carbocycles. The van der Waals surface area contributed by atoms with Gasteiger partial charge in [0.05, 0.1) is 6.54 Å². The highest BCUT2D eigenvalue weighted by Crippen LogP contribution is 2.22. The van der Waals surface area contributed by atoms with Crippen LogP contribution in [0, 0.1) is 6.92 Å². The Balaban J connectivity index is 1.88. The molecule has 0 spiro atoms. The maximum Gasteiger partial charge on any atom is 0.178 e. The predicted molar refractivity (Wildman–Crippen MR) is 68.4 cm³/mol. The lowest BCUT2D eigenvalue weighted by atomic mass is 10.1. The van der Waals surface area contributed by atoms with E-state index in [-0.39, 0.29) is 5.78 Å². The maximum atomic E-state index is 12.1. The maximum absolute atomic E-state index is 12.1. The number of hydrogen-bond acceptors (Lipinski definition) is 2. The molecule has 0 amide bonds. The standard InChI is InChI=1S/C14H16N2O/c1-9-3-2-4-11-12(7-16-14(9)11)13(17)8-15-10-5-6-10/h2-4,7,10,15-16H,5-6,8H2,1H3. The van der Waals surface area contributed by atoms with Crippen LogP contribution >= 0.6 is 0 Å². The van der Waals surface area contributed by atoms with Gasteiger partial charge in [-0.05, 0) is 25.3 Å². The van der Waals surface area contributed by atoms with Gasteiger partial charge in [-0.3, -0.25) is 4.79 Å². The SMILES string of the molecule is Cc1cccc2c(C(=O)CNC3CC3)c[nH]c12. The van der Waals surface area contributed by atoms with Crippen molar-refractivity contribution in [3.05, 3.63) is 35.5 Å². The summed E-state index contributed by atoms with van der Waals surface area (Å²) in [6, 6.07) is 6.63. The number of aromatic amines is 1. The quantitative estimate of drug-likeness (QED) is 0.789. The van der Waals surface area contributed by atoms with E-state index in [0.717, 1.165) is 16.5 Å². The molecule has 1 heterocycles. The van der Waals surface area contributed by atoms with Crippen LogP contribution in [0.5, 0.6) is 0 Å². The second kappa shape index (κ2) is 4.00. The fourth-order valence-corrected chi connectivity index (χ4v) is 2.16. The third kappa shape index (κ3) is 1.98. The average Bonchev–Trinajstić information content (AvgIpc) is 3.04. The van der Waals surface area contributed by atoms with Gasteiger partial charge in [0.2, 0.25) is 0 Å². The van der Waals surface area contributed by atoms with Crippen LogP contribution in [0.1, 0.15) is 28.8 Å². The number of aryl methyl sites for hydroxylation is 1. The summed E-state index contributed by atoms with van der Waals surface area (Å²) in [6.07, 6.45) is 4.25. The summed E-state index contributed by atoms with van der Waals surface area (Å²) < 4.78 is 0. The van der Waals surface area contributed by atoms with Gasteiger partial charge in [-0.15, -0.1) is 0 Å². The summed E-state index contributed by atoms with van der Waals surface area (Å²) in [7, 11) is 0. The third-order valence-electron chi connectivity index (χ3n) is 3.35. The third-order valence-corrected chi connectivity index (χ3v) is 3.35. The van der Waals surface area contributed by atoms with Crippen LogP contribution in [0.15, 0.2) is 24.4 Å². The molecule has 88 valence electrons. The normalized spacial score (nSPS) is 15.4. The number of rotatable bonds is 4. The van der Waals surface area contributed by atoms with E-state index in [0.29, 0.717) is 12.6 Å². The number of hydrogen-bond donors (Lipinski definition) is 2. The van der Waals surface area contributed by atoms with Crippen LogP contribution in [0.3, 0.4) is 0 Å². The summed E-state index contributed by atoms with van der Waals surface area (Å²) in [5, 5.41) is 4.30. The topological polar surface area (TPSA) is 44.9 Å². The molecule has 3 heteroatoms. The number of benzene rings is 1. The zero-order valence-corrected chi connectivity index (χ0v) is 9.92. The average molecular weight is 228 g/mol. The lowest BCUT2D eigenvalue weighted by Crippen LogP contribution is -2.24. The van der Waals surface area contributed by atoms with Crippen molar-refractivity contribution in [1.82, 2.24) is 10.3 Å². The van der Waals surface area contributed by atoms with Crippen molar-refractivity contribution in [2.75, 3.05) is 6.54 Å². The van der Waals surface area contributed by atoms with Gasteiger partial charge in [-0.1, -0.05) is 18.2 Å². The van der Waals surface area contributed by atoms with Crippen LogP contribution in [0.2, 0.25) is 0 Å². The Kier molecular flexibility index (Phi) is 2.48. The Morgan fingerprint density at radius 1 is 1.47 bits per heavy atom. The number of aromatic nitrogens is 1. The summed E-state index contributed by atoms with van der Waals surface area (Å²) in [5.41, 5.74) is 3.05. The lowest BCUT2D eigenvalue weighted by Gasteiger charge is -2.01. The minimum atomic E-state index is 0.175. The summed E-state index contributed by atoms with van der Waals surface area (Å²) in [6.45, 7) is 2.50. The van der Waals surface area contributed by atoms with Crippen LogP contribution in [0.4, 0.5) is 0 Å². The van der Waals surface area contributed by atoms with Gasteiger partial charge in [0.25, 0.3) is 0 Å². The van der Waals surface area contributed by atoms with Crippen molar-refractivity contribution < 1.29 is 4.79 Å². The Bertz CT molecular complexity index is 567. The minimum absolute atomic E-state index is 0.175. The smallest absolute Gasteiger partial charge is 0.178 e. The number of carbonyl (C=O) groups is 1. The summed E-state index contributed by atoms with van der Waals surface area (Å²) >= 11 is 0. The number of carbonyl (C=O) groups excluding carboxylic acids is 1. The Hall–Kier alpha value is -1.61. The second-order valence-electron chi connectivity index (χ2n) is 4.78. The molecule has 0 bridgehead atoms. The molecule has 0 aliphatic heterocycles. The number of para-hydroxylation sites is 1. The molecule has 1 aromatic heterocycles. The highest BCUT2D eigenvalue weighted by molar-refractivity contribution is 6.09. The summed E-state index contributed by atoms with van der Waals surface area (Å²) in [5.74, 6) is 0.175. The minimum Gasteiger partial charge on any atom is -0.360 e. The molecule has 3 rings (SSSR count). The number of ketones is 1. The molecular weight excluding hydrogens is 212 g/mol. The van der Waals surface area contributed by atoms with E-state index in [1.54, 1.807) is 0 Å². The predicted octanol–water partition coefficient (Wildman–Crippen LogP) is 2.41. The fourth-order valence-electron chi connectivity index (χ4n) is 2.16. The lowest BCUT2D eigenvalue weighted by molar-refractivity contribution is 0.0992. The second-order valence-corrected chi connectivity index (χ2v) is 4.78. The molecule has 0 atom stereocenters. The number of Topliss-reactive ketones (excluding diaryl/α,β-unsaturated/α-hetero) is 1. The van der Waals surface area contributed by atoms with Crippen molar-refractivity contribution in [3.8, 4) is 0 Å². The highest BCUT2D eigenvalue weighted by Gasteiger charge is 2.22. The molecule has 3 nitrogen and oxygen atoms in total. The first-order chi connectivity index (χ1) is 8.25. The van der Waals surface area contributed by atoms with Gasteiger partial charge in [0.15, 0.2) is 5.78 Å². The van der Waals surface area contributed by atoms with E-state index >= 15 is 0 Å². The van der Waals surface area contributed by atoms with Gasteiger partial charge in [-0.2, -0.15) is 0 Å². The first-order valence-corrected chi connectivity index (χ1v) is 6.09. The molecule has 1 aliphatic carbocycles. The van der Waals surface area contributed by atoms with Gasteiger partial charge in [-0.25, -0.2) is 0 Å². The van der Waals surface area contributed by atoms with Crippen molar-refractivity contribution in [1.29, 1.82) is 0 Å². The Morgan fingerprint density at radius 2 is 2.29 bits per heavy atom. The summed E-state index contributed by atoms with van der Waals surface area (Å²) in [4.78, 5) is 15.3. The first-order valence-electron chi connectivity index (χ1n) is 6.09. The van der Waals surface area contributed by atoms with Crippen LogP contribution in [0.25, 0.3) is 10.9 Å². The van der Waals surface area contributed by atoms with E-state index in [9.17, 15) is 4.79 Å². The number of fused-ring (bicyclic) bond motifs is 1. The molecular formula is C14H16N2O. The van der Waals surface area contributed by atoms with Crippen molar-refractivity contribution in [3.63, 3.8) is 0 Å². The van der Waals surface area contributed by atoms with Gasteiger partial charge in [0, 0.05) is 28.7 Å². The van der Waals surface area contributed by atoms with Crippen molar-refractivity contribution in [2.24, 2.45) is 0 Å². The molecule has 1 fully saturated rings. The highest BCUT2D eigenvalue weighted by atomic mass is 16.1. The fraction of sp³-hybridized carbons (Fsp3) is 0.357. The van der Waals surface area contributed by atoms with Gasteiger partial charge < -0.3 is 10.3 Å². The molecule has 0 unspecified atom stereocenters. The van der Waals surface area contributed by atoms with E-state index in [4.69, 9.17) is 0 Å². The molecule has 1 aliphatic rings. The zero-order valence-electron chi connectivity index (χ0n) is 9.92. The van der Waals surface area contributed by atoms with E-state index < -0.39 is 0 Å². The Morgan fingerprint density at radius 3 is 3.06 bits per heavy atom. The first kappa shape index (κ1) is 10.5. The molecule has 1 aromatic carbocycles. The van der Waals surface area contributed by atoms with Crippen molar-refractivity contribution >= 4 is 16.7 Å². The molecule has 17 heavy (non-hydrogen) atoms. The Labute approximate surface area is 100 Å². The number of nitrogens with one attached hydrogen (secondary N) is 2. The van der Waals surface area contributed by atoms with Gasteiger partial charge >= 0.3 is 0 Å². The van der Waals surface area contributed by atoms with Crippen molar-refractivity contribution in [2.45, 2.75) is 25.8 Å². The largest absolute Gasteiger partial charge is 0.360 e. The van der Waals surface area contributed by atoms with E-state index in [1.807, 2.05) is 18.3 Å². The van der Waals surface area contributed by atoms with Crippen LogP contribution < -0.4 is 5.32 Å². The van der Waals surface area contributed by atoms with Gasteiger partial charge in [0.1, 0.15) is 0 Å². The van der Waals surface area contributed by atoms with E-state index in [1.165, 1.54) is 18.4 Å². The zero-order chi connectivity index (χ0) is 11.8. The molecule has 0 saturated heterocycles. The number of H-pyrrole nitrogens is 1. The molecule has 2 aromatic rings. The molecule has 2 N–H and O–H groups in total. The van der Waals surface area contributed by atoms with Crippen LogP contribution in [-0.2, 0) is 0 Å². The molecule has 0 radical (unpaired) electrons.